The van der Waals surface area contributed by atoms with Gasteiger partial charge in [-0.2, -0.15) is 0 Å². The quantitative estimate of drug-likeness (QED) is 0.462. The van der Waals surface area contributed by atoms with Gasteiger partial charge in [-0.25, -0.2) is 0 Å². The summed E-state index contributed by atoms with van der Waals surface area (Å²) < 4.78 is 0. The van der Waals surface area contributed by atoms with Gasteiger partial charge in [0, 0.05) is 5.97 Å². The summed E-state index contributed by atoms with van der Waals surface area (Å²) in [4.78, 5) is 19.6. The van der Waals surface area contributed by atoms with Crippen LogP contribution >= 0.6 is 0 Å². The van der Waals surface area contributed by atoms with E-state index >= 15 is 0 Å². The van der Waals surface area contributed by atoms with Crippen LogP contribution in [0.1, 0.15) is 19.3 Å². The van der Waals surface area contributed by atoms with Gasteiger partial charge >= 0.3 is 0 Å². The molecule has 0 spiro atoms. The van der Waals surface area contributed by atoms with Gasteiger partial charge in [0.25, 0.3) is 0 Å². The van der Waals surface area contributed by atoms with Gasteiger partial charge in [0.2, 0.25) is 0 Å². The average Bonchev–Trinajstić information content (AvgIpc) is 1.86. The summed E-state index contributed by atoms with van der Waals surface area (Å²) in [7, 11) is 0. The highest BCUT2D eigenvalue weighted by Crippen LogP contribution is 1.98. The maximum absolute atomic E-state index is 9.85. The third-order valence-corrected chi connectivity index (χ3v) is 1.13. The third kappa shape index (κ3) is 5.35. The Hall–Kier alpha value is -1.10. The van der Waals surface area contributed by atoms with E-state index in [0.717, 1.165) is 0 Å². The molecule has 1 atom stereocenters. The van der Waals surface area contributed by atoms with Crippen molar-refractivity contribution in [1.82, 2.24) is 0 Å². The van der Waals surface area contributed by atoms with Gasteiger partial charge in [0.15, 0.2) is 0 Å². The lowest BCUT2D eigenvalue weighted by Gasteiger charge is -2.10. The summed E-state index contributed by atoms with van der Waals surface area (Å²) in [6.45, 7) is 0. The van der Waals surface area contributed by atoms with Gasteiger partial charge in [0.1, 0.15) is 0 Å². The highest BCUT2D eigenvalue weighted by atomic mass is 16.4. The Morgan fingerprint density at radius 3 is 2.27 bits per heavy atom. The van der Waals surface area contributed by atoms with Crippen molar-refractivity contribution < 1.29 is 24.9 Å². The number of carboxylic acid groups (broad SMARTS) is 2. The lowest BCUT2D eigenvalue weighted by atomic mass is 10.1. The summed E-state index contributed by atoms with van der Waals surface area (Å²) in [6.07, 6.45) is -1.85. The Morgan fingerprint density at radius 1 is 1.36 bits per heavy atom. The van der Waals surface area contributed by atoms with E-state index in [1.54, 1.807) is 0 Å². The average molecular weight is 160 g/mol. The highest BCUT2D eigenvalue weighted by molar-refractivity contribution is 5.69. The molecule has 0 saturated carbocycles. The van der Waals surface area contributed by atoms with E-state index in [4.69, 9.17) is 5.11 Å². The number of carbonyl (C=O) groups is 2. The molecule has 0 radical (unpaired) electrons. The Balaban J connectivity index is 3.39. The number of carbonyl (C=O) groups excluding carboxylic acids is 2. The van der Waals surface area contributed by atoms with E-state index < -0.39 is 18.0 Å². The first-order valence-electron chi connectivity index (χ1n) is 3.13. The van der Waals surface area contributed by atoms with Crippen molar-refractivity contribution in [3.05, 3.63) is 0 Å². The zero-order valence-corrected chi connectivity index (χ0v) is 5.78. The SMILES string of the molecule is O=C([O-])CCC[C@@H](O)C(=O)[O-]. The molecule has 0 rings (SSSR count). The first-order valence-corrected chi connectivity index (χ1v) is 3.13. The second-order valence-electron chi connectivity index (χ2n) is 2.10. The summed E-state index contributed by atoms with van der Waals surface area (Å²) in [6, 6.07) is 0. The molecule has 0 aliphatic rings. The van der Waals surface area contributed by atoms with Crippen molar-refractivity contribution in [2.45, 2.75) is 25.4 Å². The Morgan fingerprint density at radius 2 is 1.91 bits per heavy atom. The summed E-state index contributed by atoms with van der Waals surface area (Å²) >= 11 is 0. The molecule has 11 heavy (non-hydrogen) atoms. The van der Waals surface area contributed by atoms with E-state index in [0.29, 0.717) is 0 Å². The first-order chi connectivity index (χ1) is 5.04. The van der Waals surface area contributed by atoms with Gasteiger partial charge < -0.3 is 24.9 Å². The van der Waals surface area contributed by atoms with Crippen molar-refractivity contribution >= 4 is 11.9 Å². The minimum atomic E-state index is -1.58. The number of aliphatic hydroxyl groups excluding tert-OH is 1. The number of rotatable bonds is 5. The molecule has 0 aromatic rings. The van der Waals surface area contributed by atoms with Crippen LogP contribution in [0.25, 0.3) is 0 Å². The van der Waals surface area contributed by atoms with Gasteiger partial charge in [-0.1, -0.05) is 0 Å². The molecule has 0 unspecified atom stereocenters. The molecule has 5 nitrogen and oxygen atoms in total. The maximum atomic E-state index is 9.85. The van der Waals surface area contributed by atoms with Crippen LogP contribution in [0.3, 0.4) is 0 Å². The van der Waals surface area contributed by atoms with E-state index in [1.807, 2.05) is 0 Å². The van der Waals surface area contributed by atoms with Crippen LogP contribution in [0.15, 0.2) is 0 Å². The Labute approximate surface area is 63.3 Å². The summed E-state index contributed by atoms with van der Waals surface area (Å²) in [5.41, 5.74) is 0. The lowest BCUT2D eigenvalue weighted by Crippen LogP contribution is -2.35. The van der Waals surface area contributed by atoms with Gasteiger partial charge in [0.05, 0.1) is 12.1 Å². The molecule has 0 fully saturated rings. The molecule has 0 aliphatic carbocycles. The minimum Gasteiger partial charge on any atom is -0.550 e. The lowest BCUT2D eigenvalue weighted by molar-refractivity contribution is -0.316. The van der Waals surface area contributed by atoms with Crippen molar-refractivity contribution in [2.24, 2.45) is 0 Å². The van der Waals surface area contributed by atoms with Gasteiger partial charge in [-0.05, 0) is 19.3 Å². The van der Waals surface area contributed by atoms with Crippen molar-refractivity contribution in [3.63, 3.8) is 0 Å². The molecular weight excluding hydrogens is 152 g/mol. The number of hydrogen-bond donors (Lipinski definition) is 1. The monoisotopic (exact) mass is 160 g/mol. The predicted octanol–water partition coefficient (Wildman–Crippen LogP) is -2.98. The van der Waals surface area contributed by atoms with Crippen LogP contribution in [0.4, 0.5) is 0 Å². The zero-order chi connectivity index (χ0) is 8.85. The molecule has 0 amide bonds. The van der Waals surface area contributed by atoms with Crippen molar-refractivity contribution in [2.75, 3.05) is 0 Å². The molecule has 0 saturated heterocycles. The van der Waals surface area contributed by atoms with E-state index in [2.05, 4.69) is 0 Å². The van der Waals surface area contributed by atoms with Crippen LogP contribution in [-0.2, 0) is 9.59 Å². The molecule has 0 bridgehead atoms. The summed E-state index contributed by atoms with van der Waals surface area (Å²) in [5, 5.41) is 28.2. The van der Waals surface area contributed by atoms with Crippen LogP contribution in [0.2, 0.25) is 0 Å². The van der Waals surface area contributed by atoms with Crippen LogP contribution in [0, 0.1) is 0 Å². The molecular formula is C6H8O5-2. The van der Waals surface area contributed by atoms with Gasteiger partial charge in [-0.3, -0.25) is 0 Å². The molecule has 0 aromatic carbocycles. The standard InChI is InChI=1S/C6H10O5/c7-4(6(10)11)2-1-3-5(8)9/h4,7H,1-3H2,(H,8,9)(H,10,11)/p-2/t4-/m1/s1. The summed E-state index contributed by atoms with van der Waals surface area (Å²) in [5.74, 6) is -2.83. The molecule has 1 N–H and O–H groups in total. The number of aliphatic carboxylic acids is 2. The van der Waals surface area contributed by atoms with Gasteiger partial charge in [-0.15, -0.1) is 0 Å². The van der Waals surface area contributed by atoms with E-state index in [9.17, 15) is 19.8 Å². The molecule has 0 aromatic heterocycles. The molecule has 0 heterocycles. The van der Waals surface area contributed by atoms with Crippen molar-refractivity contribution in [1.29, 1.82) is 0 Å². The van der Waals surface area contributed by atoms with Crippen LogP contribution in [0.5, 0.6) is 0 Å². The fraction of sp³-hybridized carbons (Fsp3) is 0.667. The Bertz CT molecular complexity index is 153. The van der Waals surface area contributed by atoms with E-state index in [-0.39, 0.29) is 19.3 Å². The number of carboxylic acids is 2. The first kappa shape index (κ1) is 9.90. The molecule has 64 valence electrons. The number of hydrogen-bond acceptors (Lipinski definition) is 5. The third-order valence-electron chi connectivity index (χ3n) is 1.13. The smallest absolute Gasteiger partial charge is 0.0933 e. The predicted molar refractivity (Wildman–Crippen MR) is 29.9 cm³/mol. The molecule has 0 aliphatic heterocycles. The normalized spacial score (nSPS) is 12.5. The van der Waals surface area contributed by atoms with Crippen LogP contribution in [-0.4, -0.2) is 23.1 Å². The second kappa shape index (κ2) is 4.68. The van der Waals surface area contributed by atoms with Crippen molar-refractivity contribution in [3.8, 4) is 0 Å². The topological polar surface area (TPSA) is 100 Å². The van der Waals surface area contributed by atoms with Crippen LogP contribution < -0.4 is 10.2 Å². The second-order valence-corrected chi connectivity index (χ2v) is 2.10. The fourth-order valence-corrected chi connectivity index (χ4v) is 0.558. The molecule has 5 heteroatoms. The highest BCUT2D eigenvalue weighted by Gasteiger charge is 2.03. The van der Waals surface area contributed by atoms with E-state index in [1.165, 1.54) is 0 Å². The fourth-order valence-electron chi connectivity index (χ4n) is 0.558. The zero-order valence-electron chi connectivity index (χ0n) is 5.78. The maximum Gasteiger partial charge on any atom is 0.0933 e. The Kier molecular flexibility index (Phi) is 4.21. The largest absolute Gasteiger partial charge is 0.550 e. The number of aliphatic hydroxyl groups is 1. The minimum absolute atomic E-state index is 0.0808.